The van der Waals surface area contributed by atoms with Crippen molar-refractivity contribution in [2.24, 2.45) is 0 Å². The Morgan fingerprint density at radius 2 is 1.78 bits per heavy atom. The maximum atomic E-state index is 14.3. The van der Waals surface area contributed by atoms with Crippen LogP contribution >= 0.6 is 27.5 Å². The van der Waals surface area contributed by atoms with Gasteiger partial charge >= 0.3 is 0 Å². The predicted molar refractivity (Wildman–Crippen MR) is 142 cm³/mol. The highest BCUT2D eigenvalue weighted by Crippen LogP contribution is 2.36. The van der Waals surface area contributed by atoms with Crippen molar-refractivity contribution in [2.45, 2.75) is 16.3 Å². The van der Waals surface area contributed by atoms with E-state index in [1.807, 2.05) is 6.07 Å². The molecule has 9 heteroatoms. The van der Waals surface area contributed by atoms with Crippen molar-refractivity contribution in [3.63, 3.8) is 0 Å². The van der Waals surface area contributed by atoms with Crippen molar-refractivity contribution in [3.8, 4) is 0 Å². The number of carbonyl (C=O) groups is 2. The van der Waals surface area contributed by atoms with Crippen LogP contribution in [-0.4, -0.2) is 16.0 Å². The van der Waals surface area contributed by atoms with Gasteiger partial charge in [0.25, 0.3) is 11.8 Å². The van der Waals surface area contributed by atoms with Gasteiger partial charge in [-0.25, -0.2) is 8.60 Å². The topological polar surface area (TPSA) is 66.5 Å². The maximum absolute atomic E-state index is 14.3. The molecule has 1 N–H and O–H groups in total. The fourth-order valence-corrected chi connectivity index (χ4v) is 5.86. The first kappa shape index (κ1) is 24.4. The lowest BCUT2D eigenvalue weighted by molar-refractivity contribution is 0.0979. The number of nitrogens with zero attached hydrogens (tertiary/aromatic N) is 1. The summed E-state index contributed by atoms with van der Waals surface area (Å²) in [6, 6.07) is 22.7. The van der Waals surface area contributed by atoms with Gasteiger partial charge in [0.2, 0.25) is 0 Å². The zero-order chi connectivity index (χ0) is 25.4. The second-order valence-corrected chi connectivity index (χ2v) is 10.8. The first-order valence-electron chi connectivity index (χ1n) is 10.8. The van der Waals surface area contributed by atoms with Crippen molar-refractivity contribution < 1.29 is 18.2 Å². The SMILES string of the molecule is O=C(Nc1ccc(Br)cc1F)c1ccc2c(c1)N(Cc1cccc(Cl)c1)C(=O)c1ccccc1[S@]2=O. The molecule has 0 saturated heterocycles. The van der Waals surface area contributed by atoms with Crippen LogP contribution in [0.15, 0.2) is 99.2 Å². The second-order valence-electron chi connectivity index (χ2n) is 8.05. The van der Waals surface area contributed by atoms with E-state index in [4.69, 9.17) is 11.6 Å². The van der Waals surface area contributed by atoms with Crippen LogP contribution in [0.3, 0.4) is 0 Å². The molecule has 0 radical (unpaired) electrons. The monoisotopic (exact) mass is 582 g/mol. The van der Waals surface area contributed by atoms with Crippen molar-refractivity contribution in [3.05, 3.63) is 117 Å². The highest BCUT2D eigenvalue weighted by molar-refractivity contribution is 9.10. The quantitative estimate of drug-likeness (QED) is 0.287. The number of hydrogen-bond donors (Lipinski definition) is 1. The molecule has 2 amide bonds. The molecular formula is C27H17BrClFN2O3S. The molecule has 1 aliphatic heterocycles. The van der Waals surface area contributed by atoms with Crippen LogP contribution in [0, 0.1) is 5.82 Å². The number of benzene rings is 4. The number of rotatable bonds is 4. The minimum atomic E-state index is -1.66. The van der Waals surface area contributed by atoms with Gasteiger partial charge in [0.1, 0.15) is 5.82 Å². The summed E-state index contributed by atoms with van der Waals surface area (Å²) < 4.78 is 28.4. The lowest BCUT2D eigenvalue weighted by Crippen LogP contribution is -2.30. The van der Waals surface area contributed by atoms with E-state index in [-0.39, 0.29) is 23.7 Å². The molecule has 0 unspecified atom stereocenters. The summed E-state index contributed by atoms with van der Waals surface area (Å²) in [6.45, 7) is 0.143. The summed E-state index contributed by atoms with van der Waals surface area (Å²) in [5.74, 6) is -1.52. The highest BCUT2D eigenvalue weighted by Gasteiger charge is 2.31. The van der Waals surface area contributed by atoms with Gasteiger partial charge in [0.05, 0.1) is 44.1 Å². The van der Waals surface area contributed by atoms with Crippen LogP contribution in [-0.2, 0) is 17.3 Å². The Kier molecular flexibility index (Phi) is 6.75. The largest absolute Gasteiger partial charge is 0.319 e. The molecule has 0 fully saturated rings. The molecule has 0 bridgehead atoms. The molecule has 0 aliphatic carbocycles. The Bertz CT molecular complexity index is 1560. The van der Waals surface area contributed by atoms with Crippen LogP contribution < -0.4 is 10.2 Å². The molecule has 4 aromatic carbocycles. The van der Waals surface area contributed by atoms with Gasteiger partial charge in [-0.1, -0.05) is 51.8 Å². The summed E-state index contributed by atoms with van der Waals surface area (Å²) >= 11 is 9.35. The fourth-order valence-electron chi connectivity index (χ4n) is 3.96. The van der Waals surface area contributed by atoms with E-state index in [0.717, 1.165) is 5.56 Å². The van der Waals surface area contributed by atoms with Gasteiger partial charge in [-0.05, 0) is 66.2 Å². The fraction of sp³-hybridized carbons (Fsp3) is 0.0370. The number of amides is 2. The highest BCUT2D eigenvalue weighted by atomic mass is 79.9. The van der Waals surface area contributed by atoms with Gasteiger partial charge in [-0.2, -0.15) is 0 Å². The van der Waals surface area contributed by atoms with Crippen molar-refractivity contribution in [1.82, 2.24) is 0 Å². The van der Waals surface area contributed by atoms with E-state index in [1.54, 1.807) is 54.6 Å². The first-order valence-corrected chi connectivity index (χ1v) is 13.1. The van der Waals surface area contributed by atoms with Crippen LogP contribution in [0.1, 0.15) is 26.3 Å². The number of fused-ring (bicyclic) bond motifs is 2. The van der Waals surface area contributed by atoms with E-state index in [2.05, 4.69) is 21.2 Å². The normalized spacial score (nSPS) is 14.6. The lowest BCUT2D eigenvalue weighted by Gasteiger charge is -2.24. The van der Waals surface area contributed by atoms with E-state index in [9.17, 15) is 18.2 Å². The Balaban J connectivity index is 1.59. The van der Waals surface area contributed by atoms with Crippen molar-refractivity contribution in [2.75, 3.05) is 10.2 Å². The average Bonchev–Trinajstić information content (AvgIpc) is 2.95. The summed E-state index contributed by atoms with van der Waals surface area (Å²) in [6.07, 6.45) is 0. The van der Waals surface area contributed by atoms with Crippen LogP contribution in [0.25, 0.3) is 0 Å². The van der Waals surface area contributed by atoms with Crippen LogP contribution in [0.2, 0.25) is 5.02 Å². The molecular weight excluding hydrogens is 567 g/mol. The molecule has 1 atom stereocenters. The zero-order valence-corrected chi connectivity index (χ0v) is 21.7. The molecule has 180 valence electrons. The summed E-state index contributed by atoms with van der Waals surface area (Å²) in [5.41, 5.74) is 1.61. The third kappa shape index (κ3) is 4.72. The summed E-state index contributed by atoms with van der Waals surface area (Å²) in [5, 5.41) is 3.07. The molecule has 1 heterocycles. The summed E-state index contributed by atoms with van der Waals surface area (Å²) in [7, 11) is -1.66. The molecule has 5 nitrogen and oxygen atoms in total. The van der Waals surface area contributed by atoms with Gasteiger partial charge in [-0.15, -0.1) is 0 Å². The Morgan fingerprint density at radius 3 is 2.56 bits per heavy atom. The molecule has 4 aromatic rings. The molecule has 36 heavy (non-hydrogen) atoms. The minimum absolute atomic E-state index is 0.0148. The third-order valence-electron chi connectivity index (χ3n) is 5.68. The van der Waals surface area contributed by atoms with Crippen LogP contribution in [0.4, 0.5) is 15.8 Å². The maximum Gasteiger partial charge on any atom is 0.259 e. The molecule has 0 saturated carbocycles. The smallest absolute Gasteiger partial charge is 0.259 e. The van der Waals surface area contributed by atoms with E-state index >= 15 is 0 Å². The van der Waals surface area contributed by atoms with Gasteiger partial charge < -0.3 is 10.2 Å². The Labute approximate surface area is 222 Å². The number of anilines is 2. The number of halogens is 3. The summed E-state index contributed by atoms with van der Waals surface area (Å²) in [4.78, 5) is 29.0. The van der Waals surface area contributed by atoms with E-state index in [1.165, 1.54) is 29.2 Å². The Morgan fingerprint density at radius 1 is 0.972 bits per heavy atom. The minimum Gasteiger partial charge on any atom is -0.319 e. The van der Waals surface area contributed by atoms with Crippen LogP contribution in [0.5, 0.6) is 0 Å². The predicted octanol–water partition coefficient (Wildman–Crippen LogP) is 6.82. The molecule has 1 aliphatic rings. The standard InChI is InChI=1S/C27H17BrClFN2O3S/c28-18-9-10-22(21(30)14-18)31-26(33)17-8-11-25-23(13-17)32(15-16-4-3-5-19(29)12-16)27(34)20-6-1-2-7-24(20)36(25)35/h1-14H,15H2,(H,31,33)/t36-/m1/s1. The Hall–Kier alpha value is -3.33. The van der Waals surface area contributed by atoms with Gasteiger partial charge in [0.15, 0.2) is 0 Å². The molecule has 0 aromatic heterocycles. The van der Waals surface area contributed by atoms with Gasteiger partial charge in [-0.3, -0.25) is 9.59 Å². The average molecular weight is 584 g/mol. The number of carbonyl (C=O) groups excluding carboxylic acids is 2. The van der Waals surface area contributed by atoms with E-state index < -0.39 is 22.5 Å². The number of nitrogens with one attached hydrogen (secondary N) is 1. The molecule has 0 spiro atoms. The van der Waals surface area contributed by atoms with E-state index in [0.29, 0.717) is 30.5 Å². The second kappa shape index (κ2) is 9.97. The zero-order valence-electron chi connectivity index (χ0n) is 18.5. The van der Waals surface area contributed by atoms with Crippen molar-refractivity contribution in [1.29, 1.82) is 0 Å². The number of hydrogen-bond acceptors (Lipinski definition) is 3. The van der Waals surface area contributed by atoms with Crippen molar-refractivity contribution >= 4 is 61.5 Å². The molecule has 5 rings (SSSR count). The third-order valence-corrected chi connectivity index (χ3v) is 7.91. The lowest BCUT2D eigenvalue weighted by atomic mass is 10.1. The first-order chi connectivity index (χ1) is 17.3. The van der Waals surface area contributed by atoms with Gasteiger partial charge in [0, 0.05) is 15.1 Å².